The molecule has 1 saturated heterocycles. The van der Waals surface area contributed by atoms with Crippen LogP contribution in [-0.4, -0.2) is 29.4 Å². The zero-order valence-corrected chi connectivity index (χ0v) is 10.6. The Labute approximate surface area is 108 Å². The predicted molar refractivity (Wildman–Crippen MR) is 71.1 cm³/mol. The molecular formula is C15H20N2O. The molecule has 1 aromatic carbocycles. The molecule has 0 spiro atoms. The molecule has 2 aliphatic rings. The van der Waals surface area contributed by atoms with Crippen molar-refractivity contribution in [2.75, 3.05) is 13.1 Å². The largest absolute Gasteiger partial charge is 0.368 e. The van der Waals surface area contributed by atoms with Gasteiger partial charge < -0.3 is 5.73 Å². The number of amides is 1. The van der Waals surface area contributed by atoms with Crippen LogP contribution in [0.15, 0.2) is 30.3 Å². The summed E-state index contributed by atoms with van der Waals surface area (Å²) >= 11 is 0. The van der Waals surface area contributed by atoms with Crippen LogP contribution in [0.2, 0.25) is 0 Å². The Morgan fingerprint density at radius 3 is 2.44 bits per heavy atom. The number of primary amides is 1. The summed E-state index contributed by atoms with van der Waals surface area (Å²) in [4.78, 5) is 14.3. The molecule has 3 nitrogen and oxygen atoms in total. The highest BCUT2D eigenvalue weighted by Crippen LogP contribution is 2.55. The number of nitrogens with zero attached hydrogens (tertiary/aromatic N) is 1. The third-order valence-corrected chi connectivity index (χ3v) is 4.48. The average molecular weight is 244 g/mol. The number of piperidine rings is 1. The first-order valence-electron chi connectivity index (χ1n) is 6.85. The van der Waals surface area contributed by atoms with E-state index in [1.807, 2.05) is 18.2 Å². The molecule has 1 amide bonds. The van der Waals surface area contributed by atoms with Crippen molar-refractivity contribution >= 4 is 5.91 Å². The zero-order chi connectivity index (χ0) is 12.6. The second-order valence-electron chi connectivity index (χ2n) is 5.50. The van der Waals surface area contributed by atoms with Crippen LogP contribution in [0.1, 0.15) is 37.2 Å². The molecule has 1 aliphatic heterocycles. The Bertz CT molecular complexity index is 439. The number of carbonyl (C=O) groups excluding carboxylic acids is 1. The summed E-state index contributed by atoms with van der Waals surface area (Å²) in [5.41, 5.74) is 6.58. The maximum atomic E-state index is 11.9. The van der Waals surface area contributed by atoms with Gasteiger partial charge in [-0.3, -0.25) is 9.69 Å². The molecule has 0 bridgehead atoms. The van der Waals surface area contributed by atoms with Gasteiger partial charge in [-0.1, -0.05) is 36.8 Å². The van der Waals surface area contributed by atoms with E-state index in [1.54, 1.807) is 0 Å². The first kappa shape index (κ1) is 11.7. The molecule has 1 aromatic rings. The molecule has 0 aromatic heterocycles. The highest BCUT2D eigenvalue weighted by molar-refractivity contribution is 5.90. The zero-order valence-electron chi connectivity index (χ0n) is 10.6. The number of hydrogen-bond donors (Lipinski definition) is 1. The second kappa shape index (κ2) is 4.39. The number of rotatable bonds is 3. The van der Waals surface area contributed by atoms with Gasteiger partial charge in [-0.15, -0.1) is 0 Å². The standard InChI is InChI=1S/C15H20N2O/c16-14(18)15(17-9-5-2-6-10-17)11-13(15)12-7-3-1-4-8-12/h1,3-4,7-8,13H,2,5-6,9-11H2,(H2,16,18). The average Bonchev–Trinajstić information content (AvgIpc) is 3.18. The molecule has 1 heterocycles. The van der Waals surface area contributed by atoms with E-state index in [9.17, 15) is 4.79 Å². The van der Waals surface area contributed by atoms with Gasteiger partial charge in [0, 0.05) is 5.92 Å². The molecule has 0 radical (unpaired) electrons. The normalized spacial score (nSPS) is 32.1. The summed E-state index contributed by atoms with van der Waals surface area (Å²) in [6.45, 7) is 2.04. The van der Waals surface area contributed by atoms with E-state index in [0.29, 0.717) is 5.92 Å². The van der Waals surface area contributed by atoms with Crippen LogP contribution in [-0.2, 0) is 4.79 Å². The van der Waals surface area contributed by atoms with E-state index >= 15 is 0 Å². The van der Waals surface area contributed by atoms with Gasteiger partial charge in [0.1, 0.15) is 5.54 Å². The summed E-state index contributed by atoms with van der Waals surface area (Å²) in [7, 11) is 0. The van der Waals surface area contributed by atoms with Crippen LogP contribution in [0.4, 0.5) is 0 Å². The smallest absolute Gasteiger partial charge is 0.238 e. The fourth-order valence-corrected chi connectivity index (χ4v) is 3.40. The van der Waals surface area contributed by atoms with E-state index in [1.165, 1.54) is 24.8 Å². The number of nitrogens with two attached hydrogens (primary N) is 1. The Kier molecular flexibility index (Phi) is 2.86. The summed E-state index contributed by atoms with van der Waals surface area (Å²) in [6.07, 6.45) is 4.56. The van der Waals surface area contributed by atoms with Gasteiger partial charge in [0.25, 0.3) is 0 Å². The lowest BCUT2D eigenvalue weighted by Crippen LogP contribution is -2.50. The SMILES string of the molecule is NC(=O)C1(N2CCCCC2)CC1c1ccccc1. The fraction of sp³-hybridized carbons (Fsp3) is 0.533. The van der Waals surface area contributed by atoms with Gasteiger partial charge in [0.05, 0.1) is 0 Å². The molecular weight excluding hydrogens is 224 g/mol. The third-order valence-electron chi connectivity index (χ3n) is 4.48. The topological polar surface area (TPSA) is 46.3 Å². The van der Waals surface area contributed by atoms with Crippen molar-refractivity contribution in [3.05, 3.63) is 35.9 Å². The van der Waals surface area contributed by atoms with Gasteiger partial charge in [-0.25, -0.2) is 0 Å². The van der Waals surface area contributed by atoms with E-state index in [2.05, 4.69) is 17.0 Å². The predicted octanol–water partition coefficient (Wildman–Crippen LogP) is 1.88. The summed E-state index contributed by atoms with van der Waals surface area (Å²) < 4.78 is 0. The summed E-state index contributed by atoms with van der Waals surface area (Å²) in [6, 6.07) is 10.3. The summed E-state index contributed by atoms with van der Waals surface area (Å²) in [5, 5.41) is 0. The van der Waals surface area contributed by atoms with Gasteiger partial charge in [-0.2, -0.15) is 0 Å². The van der Waals surface area contributed by atoms with Crippen molar-refractivity contribution in [3.63, 3.8) is 0 Å². The van der Waals surface area contributed by atoms with E-state index in [4.69, 9.17) is 5.73 Å². The van der Waals surface area contributed by atoms with Crippen LogP contribution in [0.3, 0.4) is 0 Å². The molecule has 1 saturated carbocycles. The van der Waals surface area contributed by atoms with Crippen molar-refractivity contribution in [3.8, 4) is 0 Å². The molecule has 3 heteroatoms. The Balaban J connectivity index is 1.85. The van der Waals surface area contributed by atoms with Gasteiger partial charge in [0.15, 0.2) is 0 Å². The fourth-order valence-electron chi connectivity index (χ4n) is 3.40. The van der Waals surface area contributed by atoms with Crippen LogP contribution in [0.25, 0.3) is 0 Å². The number of carbonyl (C=O) groups is 1. The quantitative estimate of drug-likeness (QED) is 0.882. The lowest BCUT2D eigenvalue weighted by Gasteiger charge is -2.34. The molecule has 1 aliphatic carbocycles. The third kappa shape index (κ3) is 1.74. The van der Waals surface area contributed by atoms with Crippen molar-refractivity contribution in [1.29, 1.82) is 0 Å². The van der Waals surface area contributed by atoms with Crippen molar-refractivity contribution in [1.82, 2.24) is 4.90 Å². The van der Waals surface area contributed by atoms with Crippen molar-refractivity contribution in [2.45, 2.75) is 37.1 Å². The van der Waals surface area contributed by atoms with E-state index in [0.717, 1.165) is 19.5 Å². The first-order valence-corrected chi connectivity index (χ1v) is 6.85. The summed E-state index contributed by atoms with van der Waals surface area (Å²) in [5.74, 6) is 0.160. The molecule has 2 unspecified atom stereocenters. The van der Waals surface area contributed by atoms with Crippen LogP contribution >= 0.6 is 0 Å². The minimum absolute atomic E-state index is 0.141. The molecule has 2 atom stereocenters. The number of likely N-dealkylation sites (tertiary alicyclic amines) is 1. The molecule has 96 valence electrons. The highest BCUT2D eigenvalue weighted by atomic mass is 16.2. The van der Waals surface area contributed by atoms with Crippen LogP contribution in [0, 0.1) is 0 Å². The Morgan fingerprint density at radius 2 is 1.83 bits per heavy atom. The van der Waals surface area contributed by atoms with Gasteiger partial charge in [-0.05, 0) is 37.9 Å². The number of benzene rings is 1. The van der Waals surface area contributed by atoms with Crippen LogP contribution in [0.5, 0.6) is 0 Å². The van der Waals surface area contributed by atoms with E-state index < -0.39 is 0 Å². The van der Waals surface area contributed by atoms with Crippen molar-refractivity contribution in [2.24, 2.45) is 5.73 Å². The van der Waals surface area contributed by atoms with Crippen molar-refractivity contribution < 1.29 is 4.79 Å². The minimum Gasteiger partial charge on any atom is -0.368 e. The maximum Gasteiger partial charge on any atom is 0.238 e. The van der Waals surface area contributed by atoms with Gasteiger partial charge >= 0.3 is 0 Å². The van der Waals surface area contributed by atoms with Crippen LogP contribution < -0.4 is 5.73 Å². The Hall–Kier alpha value is -1.35. The highest BCUT2D eigenvalue weighted by Gasteiger charge is 2.63. The molecule has 2 N–H and O–H groups in total. The second-order valence-corrected chi connectivity index (χ2v) is 5.50. The lowest BCUT2D eigenvalue weighted by atomic mass is 10.0. The van der Waals surface area contributed by atoms with Gasteiger partial charge in [0.2, 0.25) is 5.91 Å². The lowest BCUT2D eigenvalue weighted by molar-refractivity contribution is -0.125. The first-order chi connectivity index (χ1) is 8.75. The molecule has 18 heavy (non-hydrogen) atoms. The maximum absolute atomic E-state index is 11.9. The monoisotopic (exact) mass is 244 g/mol. The molecule has 2 fully saturated rings. The van der Waals surface area contributed by atoms with E-state index in [-0.39, 0.29) is 11.4 Å². The Morgan fingerprint density at radius 1 is 1.17 bits per heavy atom. The molecule has 3 rings (SSSR count). The minimum atomic E-state index is -0.387. The number of hydrogen-bond acceptors (Lipinski definition) is 2.